The maximum absolute atomic E-state index is 11.5. The van der Waals surface area contributed by atoms with Gasteiger partial charge in [-0.3, -0.25) is 15.2 Å². The van der Waals surface area contributed by atoms with Crippen LogP contribution in [0.2, 0.25) is 0 Å². The molecule has 1 amide bonds. The van der Waals surface area contributed by atoms with Crippen molar-refractivity contribution in [3.63, 3.8) is 0 Å². The van der Waals surface area contributed by atoms with Gasteiger partial charge in [0.2, 0.25) is 0 Å². The van der Waals surface area contributed by atoms with Crippen molar-refractivity contribution in [1.82, 2.24) is 15.2 Å². The van der Waals surface area contributed by atoms with Crippen LogP contribution in [0.15, 0.2) is 16.7 Å². The number of carbonyl (C=O) groups excluding carboxylic acids is 1. The lowest BCUT2D eigenvalue weighted by atomic mass is 10.4. The maximum Gasteiger partial charge on any atom is 0.301 e. The number of nitrogens with one attached hydrogen (secondary N) is 2. The Labute approximate surface area is 84.7 Å². The molecule has 2 rings (SSSR count). The van der Waals surface area contributed by atoms with E-state index in [2.05, 4.69) is 20.5 Å². The van der Waals surface area contributed by atoms with Gasteiger partial charge in [-0.15, -0.1) is 0 Å². The first-order chi connectivity index (χ1) is 7.15. The molecule has 15 heavy (non-hydrogen) atoms. The van der Waals surface area contributed by atoms with Crippen LogP contribution in [0.1, 0.15) is 16.2 Å². The summed E-state index contributed by atoms with van der Waals surface area (Å²) in [5.74, 6) is -0.148. The number of amides is 1. The zero-order valence-electron chi connectivity index (χ0n) is 7.94. The molecule has 0 spiro atoms. The number of carbonyl (C=O) groups is 1. The van der Waals surface area contributed by atoms with Crippen LogP contribution in [0.3, 0.4) is 0 Å². The Hall–Kier alpha value is -2.31. The number of nitrogens with two attached hydrogens (primary N) is 1. The average molecular weight is 207 g/mol. The molecule has 7 heteroatoms. The van der Waals surface area contributed by atoms with E-state index in [0.717, 1.165) is 0 Å². The van der Waals surface area contributed by atoms with Crippen molar-refractivity contribution in [3.8, 4) is 0 Å². The van der Waals surface area contributed by atoms with Gasteiger partial charge in [0.25, 0.3) is 5.91 Å². The number of hydrogen-bond acceptors (Lipinski definition) is 5. The summed E-state index contributed by atoms with van der Waals surface area (Å²) in [6, 6.07) is 1.57. The second kappa shape index (κ2) is 3.45. The Balaban J connectivity index is 2.10. The van der Waals surface area contributed by atoms with E-state index in [4.69, 9.17) is 10.2 Å². The van der Waals surface area contributed by atoms with Crippen LogP contribution in [0.4, 0.5) is 11.8 Å². The van der Waals surface area contributed by atoms with Crippen LogP contribution >= 0.6 is 0 Å². The number of nitrogens with zero attached hydrogens (tertiary/aromatic N) is 2. The molecule has 0 aliphatic rings. The minimum atomic E-state index is -0.402. The van der Waals surface area contributed by atoms with Crippen LogP contribution in [0.5, 0.6) is 0 Å². The summed E-state index contributed by atoms with van der Waals surface area (Å²) in [7, 11) is 0. The lowest BCUT2D eigenvalue weighted by molar-refractivity contribution is 0.101. The van der Waals surface area contributed by atoms with Crippen molar-refractivity contribution < 1.29 is 9.21 Å². The van der Waals surface area contributed by atoms with E-state index in [9.17, 15) is 4.79 Å². The third-order valence-electron chi connectivity index (χ3n) is 1.68. The fourth-order valence-corrected chi connectivity index (χ4v) is 1.03. The van der Waals surface area contributed by atoms with Gasteiger partial charge in [0.05, 0.1) is 5.69 Å². The number of hydrogen-bond donors (Lipinski definition) is 3. The largest absolute Gasteiger partial charge is 0.432 e. The van der Waals surface area contributed by atoms with Gasteiger partial charge in [-0.05, 0) is 6.92 Å². The summed E-state index contributed by atoms with van der Waals surface area (Å²) < 4.78 is 4.95. The van der Waals surface area contributed by atoms with Gasteiger partial charge in [0, 0.05) is 6.07 Å². The quantitative estimate of drug-likeness (QED) is 0.665. The summed E-state index contributed by atoms with van der Waals surface area (Å²) >= 11 is 0. The summed E-state index contributed by atoms with van der Waals surface area (Å²) in [6.07, 6.45) is 1.44. The second-order valence-corrected chi connectivity index (χ2v) is 2.95. The van der Waals surface area contributed by atoms with Crippen LogP contribution < -0.4 is 11.1 Å². The molecule has 0 bridgehead atoms. The van der Waals surface area contributed by atoms with Crippen LogP contribution in [-0.2, 0) is 0 Å². The Morgan fingerprint density at radius 2 is 2.47 bits per heavy atom. The molecule has 0 aliphatic carbocycles. The molecule has 2 heterocycles. The standard InChI is InChI=1S/C8H9N5O2/c1-4-3-15-8(10-4)11-7(14)5-2-6(9)13-12-5/h2-3H,1H3,(H3,9,12,13)(H,10,11,14). The Kier molecular flexibility index (Phi) is 2.13. The van der Waals surface area contributed by atoms with E-state index in [1.807, 2.05) is 0 Å². The topological polar surface area (TPSA) is 110 Å². The van der Waals surface area contributed by atoms with Gasteiger partial charge in [-0.25, -0.2) is 0 Å². The predicted molar refractivity (Wildman–Crippen MR) is 52.2 cm³/mol. The summed E-state index contributed by atoms with van der Waals surface area (Å²) in [4.78, 5) is 15.4. The first kappa shape index (κ1) is 9.25. The Morgan fingerprint density at radius 1 is 1.67 bits per heavy atom. The second-order valence-electron chi connectivity index (χ2n) is 2.95. The lowest BCUT2D eigenvalue weighted by Gasteiger charge is -1.95. The van der Waals surface area contributed by atoms with E-state index >= 15 is 0 Å². The van der Waals surface area contributed by atoms with E-state index in [-0.39, 0.29) is 17.5 Å². The van der Waals surface area contributed by atoms with Crippen molar-refractivity contribution in [2.75, 3.05) is 11.1 Å². The molecular weight excluding hydrogens is 198 g/mol. The highest BCUT2D eigenvalue weighted by atomic mass is 16.4. The van der Waals surface area contributed by atoms with Crippen LogP contribution in [0, 0.1) is 6.92 Å². The SMILES string of the molecule is Cc1coc(NC(=O)c2cc(N)n[nH]2)n1. The number of oxazole rings is 1. The van der Waals surface area contributed by atoms with Crippen molar-refractivity contribution in [1.29, 1.82) is 0 Å². The maximum atomic E-state index is 11.5. The number of nitrogen functional groups attached to an aromatic ring is 1. The molecule has 2 aromatic rings. The van der Waals surface area contributed by atoms with E-state index < -0.39 is 5.91 Å². The smallest absolute Gasteiger partial charge is 0.301 e. The molecule has 0 unspecified atom stereocenters. The zero-order valence-corrected chi connectivity index (χ0v) is 7.94. The number of aromatic nitrogens is 3. The first-order valence-electron chi connectivity index (χ1n) is 4.19. The Bertz CT molecular complexity index is 487. The third kappa shape index (κ3) is 1.96. The number of rotatable bonds is 2. The molecule has 0 fully saturated rings. The fraction of sp³-hybridized carbons (Fsp3) is 0.125. The summed E-state index contributed by atoms with van der Waals surface area (Å²) in [5, 5.41) is 8.55. The molecule has 0 radical (unpaired) electrons. The molecule has 78 valence electrons. The van der Waals surface area contributed by atoms with E-state index in [0.29, 0.717) is 5.69 Å². The summed E-state index contributed by atoms with van der Waals surface area (Å²) in [5.41, 5.74) is 6.29. The van der Waals surface area contributed by atoms with Gasteiger partial charge in [0.1, 0.15) is 17.8 Å². The molecule has 0 atom stereocenters. The third-order valence-corrected chi connectivity index (χ3v) is 1.68. The van der Waals surface area contributed by atoms with E-state index in [1.54, 1.807) is 6.92 Å². The van der Waals surface area contributed by atoms with Crippen molar-refractivity contribution in [3.05, 3.63) is 23.7 Å². The highest BCUT2D eigenvalue weighted by Crippen LogP contribution is 2.08. The molecule has 7 nitrogen and oxygen atoms in total. The molecule has 0 saturated heterocycles. The van der Waals surface area contributed by atoms with Gasteiger partial charge < -0.3 is 10.2 Å². The number of anilines is 2. The molecule has 4 N–H and O–H groups in total. The van der Waals surface area contributed by atoms with E-state index in [1.165, 1.54) is 12.3 Å². The Morgan fingerprint density at radius 3 is 3.00 bits per heavy atom. The van der Waals surface area contributed by atoms with Gasteiger partial charge in [-0.1, -0.05) is 0 Å². The summed E-state index contributed by atoms with van der Waals surface area (Å²) in [6.45, 7) is 1.76. The van der Waals surface area contributed by atoms with Gasteiger partial charge in [0.15, 0.2) is 0 Å². The first-order valence-corrected chi connectivity index (χ1v) is 4.19. The van der Waals surface area contributed by atoms with Crippen molar-refractivity contribution in [2.24, 2.45) is 0 Å². The lowest BCUT2D eigenvalue weighted by Crippen LogP contribution is -2.12. The highest BCUT2D eigenvalue weighted by Gasteiger charge is 2.11. The monoisotopic (exact) mass is 207 g/mol. The number of H-pyrrole nitrogens is 1. The average Bonchev–Trinajstić information content (AvgIpc) is 2.75. The molecule has 2 aromatic heterocycles. The van der Waals surface area contributed by atoms with Crippen LogP contribution in [-0.4, -0.2) is 21.1 Å². The highest BCUT2D eigenvalue weighted by molar-refractivity contribution is 6.02. The molecule has 0 aliphatic heterocycles. The normalized spacial score (nSPS) is 10.2. The van der Waals surface area contributed by atoms with Crippen molar-refractivity contribution >= 4 is 17.7 Å². The molecular formula is C8H9N5O2. The predicted octanol–water partition coefficient (Wildman–Crippen LogP) is 0.541. The minimum Gasteiger partial charge on any atom is -0.432 e. The van der Waals surface area contributed by atoms with Gasteiger partial charge in [-0.2, -0.15) is 10.1 Å². The minimum absolute atomic E-state index is 0.144. The van der Waals surface area contributed by atoms with Gasteiger partial charge >= 0.3 is 6.01 Å². The number of aromatic amines is 1. The number of aryl methyl sites for hydroxylation is 1. The van der Waals surface area contributed by atoms with Crippen LogP contribution in [0.25, 0.3) is 0 Å². The fourth-order valence-electron chi connectivity index (χ4n) is 1.03. The zero-order chi connectivity index (χ0) is 10.8. The molecule has 0 aromatic carbocycles. The van der Waals surface area contributed by atoms with Crippen molar-refractivity contribution in [2.45, 2.75) is 6.92 Å². The molecule has 0 saturated carbocycles.